The zero-order valence-corrected chi connectivity index (χ0v) is 10.7. The van der Waals surface area contributed by atoms with Crippen LogP contribution in [0.5, 0.6) is 0 Å². The predicted octanol–water partition coefficient (Wildman–Crippen LogP) is 1.32. The number of amides is 2. The van der Waals surface area contributed by atoms with Gasteiger partial charge in [-0.25, -0.2) is 0 Å². The second kappa shape index (κ2) is 5.21. The minimum Gasteiger partial charge on any atom is -0.355 e. The summed E-state index contributed by atoms with van der Waals surface area (Å²) >= 11 is 0. The van der Waals surface area contributed by atoms with Crippen molar-refractivity contribution < 1.29 is 9.59 Å². The van der Waals surface area contributed by atoms with Crippen LogP contribution >= 0.6 is 0 Å². The van der Waals surface area contributed by atoms with Gasteiger partial charge >= 0.3 is 0 Å². The topological polar surface area (TPSA) is 58.2 Å². The zero-order chi connectivity index (χ0) is 13.1. The maximum Gasteiger partial charge on any atom is 0.251 e. The molecular formula is C14H18N2O2. The smallest absolute Gasteiger partial charge is 0.251 e. The Bertz CT molecular complexity index is 453. The van der Waals surface area contributed by atoms with Gasteiger partial charge in [0.25, 0.3) is 5.91 Å². The summed E-state index contributed by atoms with van der Waals surface area (Å²) in [7, 11) is 1.60. The summed E-state index contributed by atoms with van der Waals surface area (Å²) in [6.45, 7) is 2.61. The average molecular weight is 246 g/mol. The van der Waals surface area contributed by atoms with Crippen LogP contribution in [-0.2, 0) is 11.3 Å². The molecule has 0 radical (unpaired) electrons. The van der Waals surface area contributed by atoms with E-state index in [2.05, 4.69) is 17.6 Å². The Morgan fingerprint density at radius 3 is 2.39 bits per heavy atom. The summed E-state index contributed by atoms with van der Waals surface area (Å²) in [6, 6.07) is 7.25. The van der Waals surface area contributed by atoms with E-state index in [0.717, 1.165) is 12.0 Å². The molecule has 2 amide bonds. The second-order valence-corrected chi connectivity index (χ2v) is 4.81. The molecule has 4 heteroatoms. The Kier molecular flexibility index (Phi) is 3.65. The first kappa shape index (κ1) is 12.6. The molecule has 1 aromatic carbocycles. The van der Waals surface area contributed by atoms with Gasteiger partial charge in [0.05, 0.1) is 0 Å². The lowest BCUT2D eigenvalue weighted by molar-refractivity contribution is -0.122. The SMILES string of the molecule is CNC(=O)c1ccc(CNC(=O)[C@H]2C[C@H]2C)cc1. The molecule has 0 heterocycles. The molecule has 1 fully saturated rings. The summed E-state index contributed by atoms with van der Waals surface area (Å²) in [5, 5.41) is 5.48. The summed E-state index contributed by atoms with van der Waals surface area (Å²) in [5.41, 5.74) is 1.63. The third kappa shape index (κ3) is 2.88. The zero-order valence-electron chi connectivity index (χ0n) is 10.7. The molecule has 2 N–H and O–H groups in total. The van der Waals surface area contributed by atoms with E-state index in [0.29, 0.717) is 18.0 Å². The largest absolute Gasteiger partial charge is 0.355 e. The van der Waals surface area contributed by atoms with Gasteiger partial charge in [-0.15, -0.1) is 0 Å². The van der Waals surface area contributed by atoms with Gasteiger partial charge in [-0.2, -0.15) is 0 Å². The fourth-order valence-corrected chi connectivity index (χ4v) is 1.93. The molecule has 2 atom stereocenters. The molecule has 1 aliphatic rings. The van der Waals surface area contributed by atoms with E-state index in [9.17, 15) is 9.59 Å². The number of carbonyl (C=O) groups excluding carboxylic acids is 2. The van der Waals surface area contributed by atoms with Gasteiger partial charge in [0, 0.05) is 25.1 Å². The van der Waals surface area contributed by atoms with Crippen molar-refractivity contribution in [3.8, 4) is 0 Å². The molecule has 96 valence electrons. The Balaban J connectivity index is 1.86. The second-order valence-electron chi connectivity index (χ2n) is 4.81. The van der Waals surface area contributed by atoms with Gasteiger partial charge in [0.1, 0.15) is 0 Å². The number of rotatable bonds is 4. The summed E-state index contributed by atoms with van der Waals surface area (Å²) < 4.78 is 0. The molecular weight excluding hydrogens is 228 g/mol. The number of nitrogens with one attached hydrogen (secondary N) is 2. The minimum atomic E-state index is -0.0996. The minimum absolute atomic E-state index is 0.0996. The average Bonchev–Trinajstić information content (AvgIpc) is 3.13. The normalized spacial score (nSPS) is 21.2. The van der Waals surface area contributed by atoms with Gasteiger partial charge in [-0.1, -0.05) is 19.1 Å². The van der Waals surface area contributed by atoms with Crippen molar-refractivity contribution in [3.05, 3.63) is 35.4 Å². The molecule has 1 aromatic rings. The fourth-order valence-electron chi connectivity index (χ4n) is 1.93. The van der Waals surface area contributed by atoms with E-state index in [4.69, 9.17) is 0 Å². The van der Waals surface area contributed by atoms with Gasteiger partial charge in [-0.05, 0) is 30.0 Å². The lowest BCUT2D eigenvalue weighted by atomic mass is 10.1. The first-order chi connectivity index (χ1) is 8.61. The molecule has 2 rings (SSSR count). The number of hydrogen-bond acceptors (Lipinski definition) is 2. The number of hydrogen-bond donors (Lipinski definition) is 2. The molecule has 1 aliphatic carbocycles. The Morgan fingerprint density at radius 1 is 1.28 bits per heavy atom. The highest BCUT2D eigenvalue weighted by Gasteiger charge is 2.38. The van der Waals surface area contributed by atoms with Crippen molar-refractivity contribution in [3.63, 3.8) is 0 Å². The summed E-state index contributed by atoms with van der Waals surface area (Å²) in [6.07, 6.45) is 1.00. The van der Waals surface area contributed by atoms with Gasteiger partial charge in [-0.3, -0.25) is 9.59 Å². The Labute approximate surface area is 107 Å². The van der Waals surface area contributed by atoms with E-state index < -0.39 is 0 Å². The summed E-state index contributed by atoms with van der Waals surface area (Å²) in [4.78, 5) is 23.0. The van der Waals surface area contributed by atoms with Crippen molar-refractivity contribution in [1.29, 1.82) is 0 Å². The maximum atomic E-state index is 11.6. The van der Waals surface area contributed by atoms with Crippen LogP contribution in [0.4, 0.5) is 0 Å². The molecule has 0 aliphatic heterocycles. The number of benzene rings is 1. The molecule has 1 saturated carbocycles. The van der Waals surface area contributed by atoms with Crippen LogP contribution in [0.3, 0.4) is 0 Å². The lowest BCUT2D eigenvalue weighted by Crippen LogP contribution is -2.25. The van der Waals surface area contributed by atoms with Crippen LogP contribution in [-0.4, -0.2) is 18.9 Å². The molecule has 0 aromatic heterocycles. The fraction of sp³-hybridized carbons (Fsp3) is 0.429. The number of carbonyl (C=O) groups is 2. The standard InChI is InChI=1S/C14H18N2O2/c1-9-7-12(9)14(18)16-8-10-3-5-11(6-4-10)13(17)15-2/h3-6,9,12H,7-8H2,1-2H3,(H,15,17)(H,16,18)/t9-,12+/m1/s1. The van der Waals surface area contributed by atoms with Crippen molar-refractivity contribution in [2.75, 3.05) is 7.05 Å². The van der Waals surface area contributed by atoms with Crippen molar-refractivity contribution >= 4 is 11.8 Å². The van der Waals surface area contributed by atoms with E-state index in [1.807, 2.05) is 12.1 Å². The molecule has 0 bridgehead atoms. The van der Waals surface area contributed by atoms with Crippen LogP contribution in [0.1, 0.15) is 29.3 Å². The lowest BCUT2D eigenvalue weighted by Gasteiger charge is -2.05. The highest BCUT2D eigenvalue weighted by molar-refractivity contribution is 5.93. The molecule has 0 unspecified atom stereocenters. The molecule has 0 saturated heterocycles. The third-order valence-corrected chi connectivity index (χ3v) is 3.36. The van der Waals surface area contributed by atoms with E-state index in [1.165, 1.54) is 0 Å². The summed E-state index contributed by atoms with van der Waals surface area (Å²) in [5.74, 6) is 0.769. The van der Waals surface area contributed by atoms with Crippen molar-refractivity contribution in [2.45, 2.75) is 19.9 Å². The van der Waals surface area contributed by atoms with Crippen molar-refractivity contribution in [2.24, 2.45) is 11.8 Å². The van der Waals surface area contributed by atoms with E-state index in [-0.39, 0.29) is 17.7 Å². The van der Waals surface area contributed by atoms with E-state index >= 15 is 0 Å². The van der Waals surface area contributed by atoms with Crippen molar-refractivity contribution in [1.82, 2.24) is 10.6 Å². The molecule has 18 heavy (non-hydrogen) atoms. The van der Waals surface area contributed by atoms with Crippen LogP contribution in [0.15, 0.2) is 24.3 Å². The Morgan fingerprint density at radius 2 is 1.89 bits per heavy atom. The first-order valence-electron chi connectivity index (χ1n) is 6.20. The quantitative estimate of drug-likeness (QED) is 0.841. The molecule has 0 spiro atoms. The Hall–Kier alpha value is -1.84. The van der Waals surface area contributed by atoms with Crippen LogP contribution in [0.2, 0.25) is 0 Å². The highest BCUT2D eigenvalue weighted by Crippen LogP contribution is 2.37. The highest BCUT2D eigenvalue weighted by atomic mass is 16.2. The van der Waals surface area contributed by atoms with Crippen LogP contribution in [0.25, 0.3) is 0 Å². The molecule has 4 nitrogen and oxygen atoms in total. The van der Waals surface area contributed by atoms with Gasteiger partial charge < -0.3 is 10.6 Å². The maximum absolute atomic E-state index is 11.6. The van der Waals surface area contributed by atoms with Gasteiger partial charge in [0.2, 0.25) is 5.91 Å². The third-order valence-electron chi connectivity index (χ3n) is 3.36. The monoisotopic (exact) mass is 246 g/mol. The van der Waals surface area contributed by atoms with Crippen LogP contribution < -0.4 is 10.6 Å². The first-order valence-corrected chi connectivity index (χ1v) is 6.20. The van der Waals surface area contributed by atoms with E-state index in [1.54, 1.807) is 19.2 Å². The van der Waals surface area contributed by atoms with Gasteiger partial charge in [0.15, 0.2) is 0 Å². The van der Waals surface area contributed by atoms with Crippen LogP contribution in [0, 0.1) is 11.8 Å². The predicted molar refractivity (Wildman–Crippen MR) is 68.9 cm³/mol.